The molecule has 0 saturated carbocycles. The molecule has 0 unspecified atom stereocenters. The minimum atomic E-state index is -2.66. The summed E-state index contributed by atoms with van der Waals surface area (Å²) < 4.78 is 5.84. The second-order valence-corrected chi connectivity index (χ2v) is 12.4. The van der Waals surface area contributed by atoms with E-state index < -0.39 is 58.0 Å². The Labute approximate surface area is 245 Å². The van der Waals surface area contributed by atoms with Gasteiger partial charge in [0.15, 0.2) is 11.4 Å². The number of allylic oxidation sites excluding steroid dienone is 1. The molecule has 1 heterocycles. The second-order valence-electron chi connectivity index (χ2n) is 12.4. The molecule has 4 aliphatic rings. The number of benzene rings is 1. The van der Waals surface area contributed by atoms with Gasteiger partial charge in [0.2, 0.25) is 5.78 Å². The van der Waals surface area contributed by atoms with Gasteiger partial charge >= 0.3 is 0 Å². The minimum Gasteiger partial charge on any atom is -0.510 e. The molecule has 11 nitrogen and oxygen atoms in total. The molecule has 6 N–H and O–H groups in total. The summed E-state index contributed by atoms with van der Waals surface area (Å²) in [6.45, 7) is 4.60. The van der Waals surface area contributed by atoms with Gasteiger partial charge in [-0.3, -0.25) is 24.2 Å². The molecule has 0 spiro atoms. The zero-order valence-corrected chi connectivity index (χ0v) is 24.6. The third-order valence-corrected chi connectivity index (χ3v) is 9.75. The molecular formula is C31H41N3O8. The number of methoxy groups -OCH3 is 1. The molecule has 5 rings (SSSR count). The van der Waals surface area contributed by atoms with Crippen molar-refractivity contribution in [2.45, 2.75) is 63.6 Å². The number of ketones is 2. The Morgan fingerprint density at radius 3 is 2.43 bits per heavy atom. The highest BCUT2D eigenvalue weighted by atomic mass is 16.5. The van der Waals surface area contributed by atoms with E-state index >= 15 is 0 Å². The third kappa shape index (κ3) is 4.49. The van der Waals surface area contributed by atoms with Crippen LogP contribution in [-0.2, 0) is 22.6 Å². The molecule has 0 radical (unpaired) electrons. The molecule has 11 heteroatoms. The summed E-state index contributed by atoms with van der Waals surface area (Å²) in [6.07, 6.45) is 4.83. The monoisotopic (exact) mass is 583 g/mol. The minimum absolute atomic E-state index is 0.0326. The van der Waals surface area contributed by atoms with Crippen molar-refractivity contribution in [2.24, 2.45) is 23.5 Å². The number of carbonyl (C=O) groups excluding carboxylic acids is 3. The van der Waals surface area contributed by atoms with Crippen LogP contribution >= 0.6 is 0 Å². The van der Waals surface area contributed by atoms with Crippen molar-refractivity contribution in [3.63, 3.8) is 0 Å². The van der Waals surface area contributed by atoms with Gasteiger partial charge in [-0.2, -0.15) is 0 Å². The molecule has 1 fully saturated rings. The number of phenols is 1. The molecule has 1 aromatic rings. The van der Waals surface area contributed by atoms with Crippen molar-refractivity contribution in [1.82, 2.24) is 9.80 Å². The van der Waals surface area contributed by atoms with Gasteiger partial charge in [-0.25, -0.2) is 0 Å². The molecule has 0 aromatic heterocycles. The number of primary amides is 1. The number of ether oxygens (including phenoxy) is 1. The van der Waals surface area contributed by atoms with E-state index in [1.54, 1.807) is 14.1 Å². The number of aliphatic hydroxyl groups excluding tert-OH is 2. The van der Waals surface area contributed by atoms with Gasteiger partial charge in [-0.1, -0.05) is 19.8 Å². The summed E-state index contributed by atoms with van der Waals surface area (Å²) >= 11 is 0. The molecule has 1 aromatic carbocycles. The lowest BCUT2D eigenvalue weighted by atomic mass is 9.58. The van der Waals surface area contributed by atoms with E-state index in [1.165, 1.54) is 30.9 Å². The first-order valence-corrected chi connectivity index (χ1v) is 14.6. The number of phenolic OH excluding ortho intramolecular Hbond substituents is 1. The first-order valence-electron chi connectivity index (χ1n) is 14.6. The number of aliphatic hydroxyl groups is 3. The van der Waals surface area contributed by atoms with Crippen LogP contribution in [0.4, 0.5) is 0 Å². The largest absolute Gasteiger partial charge is 0.510 e. The van der Waals surface area contributed by atoms with Crippen LogP contribution in [0.2, 0.25) is 0 Å². The maximum atomic E-state index is 13.9. The number of Topliss-reactive ketones (excluding diaryl/α,β-unsaturated/α-hetero) is 2. The zero-order chi connectivity index (χ0) is 30.7. The Kier molecular flexibility index (Phi) is 7.88. The number of nitrogens with two attached hydrogens (primary N) is 1. The highest BCUT2D eigenvalue weighted by Crippen LogP contribution is 2.53. The number of likely N-dealkylation sites (N-methyl/N-ethyl adjacent to an activating group) is 1. The van der Waals surface area contributed by atoms with Crippen LogP contribution in [0.5, 0.6) is 11.5 Å². The molecule has 4 atom stereocenters. The molecule has 1 amide bonds. The fourth-order valence-corrected chi connectivity index (χ4v) is 7.82. The van der Waals surface area contributed by atoms with Gasteiger partial charge in [-0.05, 0) is 70.8 Å². The van der Waals surface area contributed by atoms with Crippen LogP contribution in [0.1, 0.15) is 60.5 Å². The summed E-state index contributed by atoms with van der Waals surface area (Å²) in [5.41, 5.74) is 2.94. The van der Waals surface area contributed by atoms with Gasteiger partial charge in [0.25, 0.3) is 5.91 Å². The van der Waals surface area contributed by atoms with Crippen molar-refractivity contribution in [2.75, 3.05) is 34.3 Å². The van der Waals surface area contributed by atoms with Crippen molar-refractivity contribution < 1.29 is 39.5 Å². The van der Waals surface area contributed by atoms with Crippen LogP contribution in [0, 0.1) is 17.8 Å². The van der Waals surface area contributed by atoms with E-state index in [0.717, 1.165) is 37.4 Å². The lowest BCUT2D eigenvalue weighted by Gasteiger charge is -2.50. The zero-order valence-electron chi connectivity index (χ0n) is 24.6. The van der Waals surface area contributed by atoms with Crippen LogP contribution in [0.15, 0.2) is 28.7 Å². The molecular weight excluding hydrogens is 542 g/mol. The summed E-state index contributed by atoms with van der Waals surface area (Å²) in [6, 6.07) is 0.485. The third-order valence-electron chi connectivity index (χ3n) is 9.75. The predicted molar refractivity (Wildman–Crippen MR) is 153 cm³/mol. The first-order chi connectivity index (χ1) is 19.9. The van der Waals surface area contributed by atoms with Gasteiger partial charge in [-0.15, -0.1) is 0 Å². The summed E-state index contributed by atoms with van der Waals surface area (Å²) in [5.74, 6) is -5.46. The van der Waals surface area contributed by atoms with Crippen molar-refractivity contribution >= 4 is 17.5 Å². The second kappa shape index (κ2) is 11.0. The maximum Gasteiger partial charge on any atom is 0.255 e. The maximum absolute atomic E-state index is 13.9. The first kappa shape index (κ1) is 30.1. The Bertz CT molecular complexity index is 1390. The smallest absolute Gasteiger partial charge is 0.255 e. The fraction of sp³-hybridized carbons (Fsp3) is 0.581. The van der Waals surface area contributed by atoms with E-state index in [9.17, 15) is 34.8 Å². The molecule has 3 aliphatic carbocycles. The number of rotatable bonds is 7. The van der Waals surface area contributed by atoms with E-state index in [2.05, 4.69) is 11.8 Å². The number of hydrogen-bond acceptors (Lipinski definition) is 10. The fourth-order valence-electron chi connectivity index (χ4n) is 7.82. The van der Waals surface area contributed by atoms with Crippen molar-refractivity contribution in [3.8, 4) is 11.5 Å². The molecule has 1 aliphatic heterocycles. The number of nitrogens with zero attached hydrogens (tertiary/aromatic N) is 2. The number of fused-ring (bicyclic) bond motifs is 3. The number of carbonyl (C=O) groups is 3. The molecule has 0 bridgehead atoms. The van der Waals surface area contributed by atoms with Gasteiger partial charge < -0.3 is 30.9 Å². The predicted octanol–water partition coefficient (Wildman–Crippen LogP) is 2.14. The highest BCUT2D eigenvalue weighted by Gasteiger charge is 2.63. The van der Waals surface area contributed by atoms with Crippen LogP contribution in [0.25, 0.3) is 0 Å². The van der Waals surface area contributed by atoms with E-state index in [1.807, 2.05) is 0 Å². The van der Waals surface area contributed by atoms with Gasteiger partial charge in [0.05, 0.1) is 18.7 Å². The van der Waals surface area contributed by atoms with Gasteiger partial charge in [0, 0.05) is 29.2 Å². The summed E-state index contributed by atoms with van der Waals surface area (Å²) in [7, 11) is 4.73. The van der Waals surface area contributed by atoms with E-state index in [4.69, 9.17) is 10.5 Å². The van der Waals surface area contributed by atoms with Crippen molar-refractivity contribution in [3.05, 3.63) is 45.4 Å². The highest BCUT2D eigenvalue weighted by molar-refractivity contribution is 6.24. The topological polar surface area (TPSA) is 174 Å². The lowest BCUT2D eigenvalue weighted by molar-refractivity contribution is -0.148. The average molecular weight is 584 g/mol. The van der Waals surface area contributed by atoms with Crippen molar-refractivity contribution in [1.29, 1.82) is 0 Å². The van der Waals surface area contributed by atoms with Crippen LogP contribution in [0.3, 0.4) is 0 Å². The average Bonchev–Trinajstić information content (AvgIpc) is 2.91. The summed E-state index contributed by atoms with van der Waals surface area (Å²) in [4.78, 5) is 43.4. The standard InChI is InChI=1S/C31H41N3O8/c1-5-6-15-7-9-34(10-8-15)14-17-13-20(35)22-18(27(17)42-4)11-16-12-19-24(33(2)3)26(37)23(30(32)40)29(39)31(19,41)28(38)21(16)25(22)36/h13,15-16,19,24,35,37-38,41H,5-12,14H2,1-4H3,(H2,32,40)/t16-,19-,24-,31-/m0/s1. The molecule has 1 saturated heterocycles. The summed E-state index contributed by atoms with van der Waals surface area (Å²) in [5, 5.41) is 45.3. The van der Waals surface area contributed by atoms with E-state index in [0.29, 0.717) is 17.9 Å². The molecule has 42 heavy (non-hydrogen) atoms. The lowest BCUT2D eigenvalue weighted by Crippen LogP contribution is -2.63. The molecule has 228 valence electrons. The normalized spacial score (nSPS) is 28.6. The number of hydrogen-bond donors (Lipinski definition) is 5. The Balaban J connectivity index is 1.56. The Morgan fingerprint density at radius 1 is 1.19 bits per heavy atom. The Hall–Kier alpha value is -3.41. The van der Waals surface area contributed by atoms with Crippen LogP contribution < -0.4 is 10.5 Å². The number of piperidine rings is 1. The number of amides is 1. The quantitative estimate of drug-likeness (QED) is 0.299. The Morgan fingerprint density at radius 2 is 1.86 bits per heavy atom. The number of aromatic hydroxyl groups is 1. The van der Waals surface area contributed by atoms with E-state index in [-0.39, 0.29) is 29.7 Å². The number of likely N-dealkylation sites (tertiary alicyclic amines) is 1. The van der Waals surface area contributed by atoms with Gasteiger partial charge in [0.1, 0.15) is 28.6 Å². The van der Waals surface area contributed by atoms with Crippen LogP contribution in [-0.4, -0.2) is 93.6 Å². The SMILES string of the molecule is CCCC1CCN(Cc2cc(O)c3c(c2OC)C[C@H]2C[C@H]4[C@H](N(C)C)C(O)=C(C(N)=O)C(=O)[C@@]4(O)C(O)=C2C3=O)CC1.